The number of rotatable bonds is 5. The topological polar surface area (TPSA) is 43.6 Å². The Morgan fingerprint density at radius 2 is 0.936 bits per heavy atom. The van der Waals surface area contributed by atoms with Gasteiger partial charge in [-0.05, 0) is 53.2 Å². The van der Waals surface area contributed by atoms with Gasteiger partial charge in [-0.1, -0.05) is 121 Å². The van der Waals surface area contributed by atoms with Crippen molar-refractivity contribution in [2.45, 2.75) is 0 Å². The summed E-state index contributed by atoms with van der Waals surface area (Å²) in [5, 5.41) is 4.77. The molecule has 0 aliphatic heterocycles. The number of benzene rings is 6. The molecule has 0 saturated heterocycles. The number of pyridine rings is 1. The Kier molecular flexibility index (Phi) is 6.43. The molecule has 0 aliphatic carbocycles. The lowest BCUT2D eigenvalue weighted by Gasteiger charge is -2.14. The zero-order valence-corrected chi connectivity index (χ0v) is 25.5. The van der Waals surface area contributed by atoms with Crippen LogP contribution < -0.4 is 0 Å². The molecule has 9 aromatic rings. The first kappa shape index (κ1) is 27.0. The van der Waals surface area contributed by atoms with Crippen molar-refractivity contribution < 1.29 is 0 Å². The molecule has 0 amide bonds. The van der Waals surface area contributed by atoms with Gasteiger partial charge >= 0.3 is 0 Å². The maximum Gasteiger partial charge on any atom is 0.160 e. The van der Waals surface area contributed by atoms with Crippen LogP contribution in [0, 0.1) is 0 Å². The summed E-state index contributed by atoms with van der Waals surface area (Å²) < 4.78 is 2.34. The van der Waals surface area contributed by atoms with Crippen LogP contribution in [-0.2, 0) is 0 Å². The van der Waals surface area contributed by atoms with Gasteiger partial charge in [0.15, 0.2) is 5.82 Å². The maximum atomic E-state index is 5.15. The standard InChI is InChI=1S/C43H28N4/c1-2-12-30(13-3-1)43-45-39(28-40(46-43)35-26-25-34(38-18-10-11-27-44-38)32-14-4-5-15-33(32)35)29-21-23-31(24-22-29)47-41-19-8-6-16-36(41)37-17-7-9-20-42(37)47/h1-28H. The van der Waals surface area contributed by atoms with Gasteiger partial charge in [0.25, 0.3) is 0 Å². The minimum atomic E-state index is 0.697. The molecule has 0 N–H and O–H groups in total. The number of hydrogen-bond acceptors (Lipinski definition) is 3. The average molecular weight is 601 g/mol. The normalized spacial score (nSPS) is 11.4. The summed E-state index contributed by atoms with van der Waals surface area (Å²) in [5.74, 6) is 0.697. The second kappa shape index (κ2) is 11.2. The Bertz CT molecular complexity index is 2500. The first-order valence-electron chi connectivity index (χ1n) is 15.8. The molecule has 9 rings (SSSR count). The van der Waals surface area contributed by atoms with Gasteiger partial charge < -0.3 is 4.57 Å². The fraction of sp³-hybridized carbons (Fsp3) is 0. The Morgan fingerprint density at radius 3 is 1.57 bits per heavy atom. The SMILES string of the molecule is c1ccc(-c2nc(-c3ccc(-n4c5ccccc5c5ccccc54)cc3)cc(-c3ccc(-c4ccccn4)c4ccccc34)n2)cc1. The van der Waals surface area contributed by atoms with E-state index in [4.69, 9.17) is 9.97 Å². The molecule has 0 bridgehead atoms. The van der Waals surface area contributed by atoms with Gasteiger partial charge in [-0.15, -0.1) is 0 Å². The minimum Gasteiger partial charge on any atom is -0.309 e. The highest BCUT2D eigenvalue weighted by atomic mass is 15.0. The number of fused-ring (bicyclic) bond motifs is 4. The Labute approximate surface area is 272 Å². The predicted octanol–water partition coefficient (Wildman–Crippen LogP) is 10.8. The second-order valence-electron chi connectivity index (χ2n) is 11.7. The number of aromatic nitrogens is 4. The molecule has 4 nitrogen and oxygen atoms in total. The van der Waals surface area contributed by atoms with E-state index < -0.39 is 0 Å². The fourth-order valence-corrected chi connectivity index (χ4v) is 6.70. The third-order valence-electron chi connectivity index (χ3n) is 8.90. The zero-order valence-electron chi connectivity index (χ0n) is 25.5. The largest absolute Gasteiger partial charge is 0.309 e. The van der Waals surface area contributed by atoms with E-state index >= 15 is 0 Å². The van der Waals surface area contributed by atoms with Gasteiger partial charge in [-0.25, -0.2) is 9.97 Å². The summed E-state index contributed by atoms with van der Waals surface area (Å²) in [6.45, 7) is 0. The fourth-order valence-electron chi connectivity index (χ4n) is 6.70. The highest BCUT2D eigenvalue weighted by Crippen LogP contribution is 2.37. The summed E-state index contributed by atoms with van der Waals surface area (Å²) in [6.07, 6.45) is 1.84. The van der Waals surface area contributed by atoms with Gasteiger partial charge in [-0.3, -0.25) is 4.98 Å². The smallest absolute Gasteiger partial charge is 0.160 e. The summed E-state index contributed by atoms with van der Waals surface area (Å²) in [4.78, 5) is 14.9. The molecular weight excluding hydrogens is 573 g/mol. The Hall–Kier alpha value is -6.39. The van der Waals surface area contributed by atoms with Crippen molar-refractivity contribution >= 4 is 32.6 Å². The van der Waals surface area contributed by atoms with Gasteiger partial charge in [0, 0.05) is 44.9 Å². The van der Waals surface area contributed by atoms with Gasteiger partial charge in [-0.2, -0.15) is 0 Å². The molecule has 0 fully saturated rings. The van der Waals surface area contributed by atoms with Crippen LogP contribution in [0.5, 0.6) is 0 Å². The van der Waals surface area contributed by atoms with Crippen LogP contribution in [0.4, 0.5) is 0 Å². The van der Waals surface area contributed by atoms with Crippen LogP contribution in [0.3, 0.4) is 0 Å². The monoisotopic (exact) mass is 600 g/mol. The van der Waals surface area contributed by atoms with E-state index in [0.717, 1.165) is 55.8 Å². The summed E-state index contributed by atoms with van der Waals surface area (Å²) in [7, 11) is 0. The molecule has 3 aromatic heterocycles. The summed E-state index contributed by atoms with van der Waals surface area (Å²) in [6, 6.07) is 57.1. The molecule has 3 heterocycles. The van der Waals surface area contributed by atoms with Crippen LogP contribution in [0.2, 0.25) is 0 Å². The lowest BCUT2D eigenvalue weighted by Crippen LogP contribution is -1.97. The Morgan fingerprint density at radius 1 is 0.383 bits per heavy atom. The first-order valence-corrected chi connectivity index (χ1v) is 15.8. The molecule has 0 aliphatic rings. The summed E-state index contributed by atoms with van der Waals surface area (Å²) >= 11 is 0. The minimum absolute atomic E-state index is 0.697. The average Bonchev–Trinajstić information content (AvgIpc) is 3.49. The molecule has 4 heteroatoms. The van der Waals surface area contributed by atoms with Crippen molar-refractivity contribution in [3.8, 4) is 50.8 Å². The van der Waals surface area contributed by atoms with E-state index in [9.17, 15) is 0 Å². The van der Waals surface area contributed by atoms with E-state index in [1.807, 2.05) is 36.5 Å². The van der Waals surface area contributed by atoms with E-state index in [1.54, 1.807) is 0 Å². The highest BCUT2D eigenvalue weighted by Gasteiger charge is 2.16. The Balaban J connectivity index is 1.20. The van der Waals surface area contributed by atoms with Gasteiger partial charge in [0.2, 0.25) is 0 Å². The quantitative estimate of drug-likeness (QED) is 0.197. The third-order valence-corrected chi connectivity index (χ3v) is 8.90. The van der Waals surface area contributed by atoms with Crippen LogP contribution in [0.15, 0.2) is 170 Å². The van der Waals surface area contributed by atoms with E-state index in [2.05, 4.69) is 143 Å². The van der Waals surface area contributed by atoms with Crippen molar-refractivity contribution in [3.63, 3.8) is 0 Å². The first-order chi connectivity index (χ1) is 23.3. The van der Waals surface area contributed by atoms with Crippen molar-refractivity contribution in [1.82, 2.24) is 19.5 Å². The van der Waals surface area contributed by atoms with E-state index in [1.165, 1.54) is 21.8 Å². The number of nitrogens with zero attached hydrogens (tertiary/aromatic N) is 4. The van der Waals surface area contributed by atoms with E-state index in [-0.39, 0.29) is 0 Å². The molecule has 47 heavy (non-hydrogen) atoms. The van der Waals surface area contributed by atoms with Crippen molar-refractivity contribution in [3.05, 3.63) is 170 Å². The second-order valence-corrected chi connectivity index (χ2v) is 11.7. The molecule has 0 spiro atoms. The van der Waals surface area contributed by atoms with Crippen LogP contribution in [0.25, 0.3) is 83.4 Å². The van der Waals surface area contributed by atoms with Crippen molar-refractivity contribution in [2.75, 3.05) is 0 Å². The van der Waals surface area contributed by atoms with Crippen LogP contribution >= 0.6 is 0 Å². The summed E-state index contributed by atoms with van der Waals surface area (Å²) in [5.41, 5.74) is 10.4. The zero-order chi connectivity index (χ0) is 31.2. The predicted molar refractivity (Wildman–Crippen MR) is 193 cm³/mol. The van der Waals surface area contributed by atoms with E-state index in [0.29, 0.717) is 5.82 Å². The lowest BCUT2D eigenvalue weighted by molar-refractivity contribution is 1.17. The van der Waals surface area contributed by atoms with Gasteiger partial charge in [0.1, 0.15) is 0 Å². The number of hydrogen-bond donors (Lipinski definition) is 0. The lowest BCUT2D eigenvalue weighted by atomic mass is 9.95. The number of para-hydroxylation sites is 2. The molecule has 6 aromatic carbocycles. The molecule has 0 saturated carbocycles. The molecule has 0 radical (unpaired) electrons. The van der Waals surface area contributed by atoms with Crippen molar-refractivity contribution in [2.24, 2.45) is 0 Å². The molecule has 0 atom stereocenters. The van der Waals surface area contributed by atoms with Crippen LogP contribution in [-0.4, -0.2) is 19.5 Å². The van der Waals surface area contributed by atoms with Crippen LogP contribution in [0.1, 0.15) is 0 Å². The van der Waals surface area contributed by atoms with Gasteiger partial charge in [0.05, 0.1) is 28.1 Å². The maximum absolute atomic E-state index is 5.15. The molecular formula is C43H28N4. The highest BCUT2D eigenvalue weighted by molar-refractivity contribution is 6.09. The van der Waals surface area contributed by atoms with Crippen molar-refractivity contribution in [1.29, 1.82) is 0 Å². The molecule has 220 valence electrons. The molecule has 0 unspecified atom stereocenters. The third kappa shape index (κ3) is 4.66.